The second kappa shape index (κ2) is 14.6. The predicted octanol–water partition coefficient (Wildman–Crippen LogP) is 7.36. The number of hydrogen-bond donors (Lipinski definition) is 6. The topological polar surface area (TPSA) is 224 Å². The molecule has 0 aliphatic carbocycles. The van der Waals surface area contributed by atoms with E-state index in [9.17, 15) is 35.5 Å². The van der Waals surface area contributed by atoms with Crippen LogP contribution in [0.3, 0.4) is 0 Å². The van der Waals surface area contributed by atoms with Crippen molar-refractivity contribution < 1.29 is 35.5 Å². The maximum atomic E-state index is 12.8. The van der Waals surface area contributed by atoms with Crippen molar-refractivity contribution in [3.63, 3.8) is 0 Å². The molecule has 8 rings (SSSR count). The Kier molecular flexibility index (Phi) is 9.46. The highest BCUT2D eigenvalue weighted by Gasteiger charge is 2.21. The fraction of sp³-hybridized carbons (Fsp3) is 0.0244. The third-order valence-electron chi connectivity index (χ3n) is 9.15. The van der Waals surface area contributed by atoms with Crippen LogP contribution in [0.2, 0.25) is 0 Å². The second-order valence-electron chi connectivity index (χ2n) is 13.1. The molecule has 0 unspecified atom stereocenters. The lowest BCUT2D eigenvalue weighted by Gasteiger charge is -2.08. The molecule has 0 radical (unpaired) electrons. The van der Waals surface area contributed by atoms with Gasteiger partial charge in [-0.1, -0.05) is 36.4 Å². The Bertz CT molecular complexity index is 2880. The van der Waals surface area contributed by atoms with E-state index in [4.69, 9.17) is 9.97 Å². The van der Waals surface area contributed by atoms with Gasteiger partial charge in [0.15, 0.2) is 0 Å². The molecule has 0 fully saturated rings. The third-order valence-corrected chi connectivity index (χ3v) is 11.0. The monoisotopic (exact) mass is 798 g/mol. The minimum atomic E-state index is -4.58. The number of carbonyl (C=O) groups excluding carboxylic acids is 2. The number of benzene rings is 6. The van der Waals surface area contributed by atoms with E-state index >= 15 is 0 Å². The number of fused-ring (bicyclic) bond motifs is 2. The van der Waals surface area contributed by atoms with E-state index in [0.717, 1.165) is 56.5 Å². The molecule has 0 bridgehead atoms. The second-order valence-corrected chi connectivity index (χ2v) is 15.8. The molecule has 57 heavy (non-hydrogen) atoms. The van der Waals surface area contributed by atoms with E-state index in [0.29, 0.717) is 29.4 Å². The Labute approximate surface area is 325 Å². The van der Waals surface area contributed by atoms with Crippen LogP contribution in [0.15, 0.2) is 143 Å². The molecule has 6 N–H and O–H groups in total. The van der Waals surface area contributed by atoms with Crippen molar-refractivity contribution in [2.45, 2.75) is 16.2 Å². The minimum Gasteiger partial charge on any atom is -0.338 e. The third kappa shape index (κ3) is 7.91. The van der Waals surface area contributed by atoms with Gasteiger partial charge in [-0.15, -0.1) is 0 Å². The summed E-state index contributed by atoms with van der Waals surface area (Å²) in [5.74, 6) is -0.107. The molecule has 0 saturated heterocycles. The molecule has 14 nitrogen and oxygen atoms in total. The number of imidazole rings is 2. The fourth-order valence-electron chi connectivity index (χ4n) is 6.42. The van der Waals surface area contributed by atoms with Gasteiger partial charge in [-0.05, 0) is 115 Å². The number of amides is 2. The molecule has 0 aliphatic heterocycles. The zero-order valence-corrected chi connectivity index (χ0v) is 31.1. The molecule has 2 amide bonds. The molecule has 0 aliphatic rings. The highest BCUT2D eigenvalue weighted by Crippen LogP contribution is 2.27. The first-order valence-corrected chi connectivity index (χ1v) is 20.1. The Morgan fingerprint density at radius 1 is 0.526 bits per heavy atom. The van der Waals surface area contributed by atoms with Gasteiger partial charge in [-0.3, -0.25) is 18.7 Å². The number of H-pyrrole nitrogens is 2. The molecule has 16 heteroatoms. The summed E-state index contributed by atoms with van der Waals surface area (Å²) in [4.78, 5) is 40.8. The molecule has 8 aromatic rings. The largest absolute Gasteiger partial charge is 0.338 e. The molecule has 6 aromatic carbocycles. The number of carbonyl (C=O) groups is 2. The number of aromatic amines is 2. The molecule has 2 heterocycles. The van der Waals surface area contributed by atoms with Crippen LogP contribution >= 0.6 is 0 Å². The fourth-order valence-corrected chi connectivity index (χ4v) is 7.80. The highest BCUT2D eigenvalue weighted by molar-refractivity contribution is 7.86. The maximum Gasteiger partial charge on any atom is 0.295 e. The van der Waals surface area contributed by atoms with Crippen LogP contribution in [0.5, 0.6) is 0 Å². The van der Waals surface area contributed by atoms with Crippen LogP contribution in [-0.4, -0.2) is 57.7 Å². The SMILES string of the molecule is O=C(Nc1ccc(-c2nc3ccc(Cc4ccc5nc(-c6ccc(NC(=O)c7ccccc7S(=O)(=O)O)cc6)[nH]c5c4)cc3[nH]2)cc1)c1ccccc1S(=O)(=O)O. The Morgan fingerprint density at radius 2 is 0.912 bits per heavy atom. The quantitative estimate of drug-likeness (QED) is 0.0754. The maximum absolute atomic E-state index is 12.8. The number of nitrogens with one attached hydrogen (secondary N) is 4. The highest BCUT2D eigenvalue weighted by atomic mass is 32.2. The van der Waals surface area contributed by atoms with Gasteiger partial charge in [0.1, 0.15) is 21.4 Å². The Morgan fingerprint density at radius 3 is 1.30 bits per heavy atom. The van der Waals surface area contributed by atoms with E-state index < -0.39 is 41.8 Å². The molecule has 2 aromatic heterocycles. The number of hydrogen-bond acceptors (Lipinski definition) is 8. The van der Waals surface area contributed by atoms with E-state index in [1.54, 1.807) is 48.5 Å². The van der Waals surface area contributed by atoms with Crippen molar-refractivity contribution in [1.29, 1.82) is 0 Å². The van der Waals surface area contributed by atoms with Gasteiger partial charge >= 0.3 is 0 Å². The summed E-state index contributed by atoms with van der Waals surface area (Å²) in [6.45, 7) is 0. The normalized spacial score (nSPS) is 11.8. The van der Waals surface area contributed by atoms with Crippen LogP contribution in [0, 0.1) is 0 Å². The molecule has 0 spiro atoms. The van der Waals surface area contributed by atoms with Crippen LogP contribution in [0.4, 0.5) is 11.4 Å². The van der Waals surface area contributed by atoms with Crippen LogP contribution < -0.4 is 10.6 Å². The first kappa shape index (κ1) is 37.0. The van der Waals surface area contributed by atoms with Gasteiger partial charge in [0.25, 0.3) is 32.1 Å². The zero-order valence-electron chi connectivity index (χ0n) is 29.5. The smallest absolute Gasteiger partial charge is 0.295 e. The standard InChI is InChI=1S/C41H30N6O8S2/c48-40(30-5-1-3-7-36(30)56(50,51)52)42-28-15-11-26(12-16-28)38-44-32-19-9-24(22-34(32)46-38)21-25-10-20-33-35(23-25)47-39(45-33)27-13-17-29(18-14-27)43-41(49)31-6-2-4-8-37(31)57(53,54)55/h1-20,22-23H,21H2,(H,42,48)(H,43,49)(H,44,46)(H,45,47)(H,50,51,52)(H,53,54,55). The van der Waals surface area contributed by atoms with Gasteiger partial charge in [0.05, 0.1) is 33.2 Å². The van der Waals surface area contributed by atoms with E-state index in [1.165, 1.54) is 36.4 Å². The lowest BCUT2D eigenvalue weighted by atomic mass is 10.0. The van der Waals surface area contributed by atoms with E-state index in [2.05, 4.69) is 20.6 Å². The number of rotatable bonds is 10. The van der Waals surface area contributed by atoms with Crippen molar-refractivity contribution in [2.24, 2.45) is 0 Å². The van der Waals surface area contributed by atoms with E-state index in [-0.39, 0.29) is 11.1 Å². The van der Waals surface area contributed by atoms with E-state index in [1.807, 2.05) is 36.4 Å². The summed E-state index contributed by atoms with van der Waals surface area (Å²) < 4.78 is 65.8. The van der Waals surface area contributed by atoms with Gasteiger partial charge < -0.3 is 20.6 Å². The van der Waals surface area contributed by atoms with Crippen molar-refractivity contribution in [2.75, 3.05) is 10.6 Å². The average molecular weight is 799 g/mol. The number of aromatic nitrogens is 4. The lowest BCUT2D eigenvalue weighted by Crippen LogP contribution is -2.16. The number of nitrogens with zero attached hydrogens (tertiary/aromatic N) is 2. The van der Waals surface area contributed by atoms with Crippen LogP contribution in [0.1, 0.15) is 31.8 Å². The minimum absolute atomic E-state index is 0.174. The lowest BCUT2D eigenvalue weighted by molar-refractivity contribution is 0.101. The Balaban J connectivity index is 0.934. The average Bonchev–Trinajstić information content (AvgIpc) is 3.82. The Hall–Kier alpha value is -6.98. The van der Waals surface area contributed by atoms with Gasteiger partial charge in [-0.25, -0.2) is 9.97 Å². The summed E-state index contributed by atoms with van der Waals surface area (Å²) in [6, 6.07) is 36.6. The summed E-state index contributed by atoms with van der Waals surface area (Å²) in [6.07, 6.45) is 0.638. The summed E-state index contributed by atoms with van der Waals surface area (Å²) in [5, 5.41) is 5.32. The zero-order chi connectivity index (χ0) is 39.9. The number of anilines is 2. The first-order chi connectivity index (χ1) is 27.3. The van der Waals surface area contributed by atoms with Gasteiger partial charge in [0.2, 0.25) is 0 Å². The van der Waals surface area contributed by atoms with Gasteiger partial charge in [0, 0.05) is 22.5 Å². The summed E-state index contributed by atoms with van der Waals surface area (Å²) >= 11 is 0. The van der Waals surface area contributed by atoms with Crippen LogP contribution in [0.25, 0.3) is 44.8 Å². The van der Waals surface area contributed by atoms with Crippen molar-refractivity contribution in [3.05, 3.63) is 156 Å². The molecular weight excluding hydrogens is 769 g/mol. The van der Waals surface area contributed by atoms with Crippen molar-refractivity contribution in [3.8, 4) is 22.8 Å². The summed E-state index contributed by atoms with van der Waals surface area (Å²) in [5.41, 5.74) is 7.38. The summed E-state index contributed by atoms with van der Waals surface area (Å²) in [7, 11) is -9.16. The first-order valence-electron chi connectivity index (χ1n) is 17.2. The van der Waals surface area contributed by atoms with Crippen molar-refractivity contribution >= 4 is 65.5 Å². The molecule has 0 saturated carbocycles. The molecule has 284 valence electrons. The van der Waals surface area contributed by atoms with Gasteiger partial charge in [-0.2, -0.15) is 16.8 Å². The van der Waals surface area contributed by atoms with Crippen molar-refractivity contribution in [1.82, 2.24) is 19.9 Å². The molecule has 0 atom stereocenters. The predicted molar refractivity (Wildman–Crippen MR) is 214 cm³/mol. The van der Waals surface area contributed by atoms with Crippen LogP contribution in [-0.2, 0) is 26.7 Å². The molecular formula is C41H30N6O8S2.